The van der Waals surface area contributed by atoms with Crippen LogP contribution in [0.25, 0.3) is 11.4 Å². The minimum absolute atomic E-state index is 0.0452. The third-order valence-corrected chi connectivity index (χ3v) is 4.97. The fraction of sp³-hybridized carbons (Fsp3) is 0.450. The van der Waals surface area contributed by atoms with E-state index in [0.29, 0.717) is 30.9 Å². The van der Waals surface area contributed by atoms with Crippen LogP contribution in [0.1, 0.15) is 26.7 Å². The van der Waals surface area contributed by atoms with Gasteiger partial charge in [-0.3, -0.25) is 9.36 Å². The van der Waals surface area contributed by atoms with E-state index in [4.69, 9.17) is 4.74 Å². The predicted molar refractivity (Wildman–Crippen MR) is 108 cm³/mol. The number of carbonyl (C=O) groups excluding carboxylic acids is 1. The fourth-order valence-electron chi connectivity index (χ4n) is 2.49. The largest absolute Gasteiger partial charge is 0.493 e. The molecule has 0 unspecified atom stereocenters. The van der Waals surface area contributed by atoms with Gasteiger partial charge in [-0.2, -0.15) is 0 Å². The Morgan fingerprint density at radius 3 is 2.74 bits per heavy atom. The van der Waals surface area contributed by atoms with Crippen molar-refractivity contribution in [2.24, 2.45) is 5.92 Å². The van der Waals surface area contributed by atoms with Gasteiger partial charge in [0.2, 0.25) is 5.91 Å². The molecule has 0 spiro atoms. The molecule has 0 atom stereocenters. The van der Waals surface area contributed by atoms with E-state index >= 15 is 0 Å². The molecule has 1 aliphatic carbocycles. The zero-order valence-electron chi connectivity index (χ0n) is 15.9. The van der Waals surface area contributed by atoms with Gasteiger partial charge in [-0.05, 0) is 43.0 Å². The van der Waals surface area contributed by atoms with Gasteiger partial charge in [0.25, 0.3) is 0 Å². The van der Waals surface area contributed by atoms with Crippen molar-refractivity contribution < 1.29 is 9.53 Å². The van der Waals surface area contributed by atoms with Crippen molar-refractivity contribution in [3.05, 3.63) is 36.9 Å². The quantitative estimate of drug-likeness (QED) is 0.500. The van der Waals surface area contributed by atoms with E-state index in [0.717, 1.165) is 35.1 Å². The SMILES string of the molecule is C=CCn1c(SCC(=O)NC2CC2)nnc1-c1ccc(OCC(C)C)cc1. The topological polar surface area (TPSA) is 69.0 Å². The average molecular weight is 387 g/mol. The molecule has 0 aliphatic heterocycles. The molecule has 144 valence electrons. The molecule has 7 heteroatoms. The molecule has 1 heterocycles. The van der Waals surface area contributed by atoms with E-state index in [-0.39, 0.29) is 5.91 Å². The molecule has 1 aromatic carbocycles. The van der Waals surface area contributed by atoms with Crippen LogP contribution in [0.3, 0.4) is 0 Å². The maximum atomic E-state index is 11.9. The van der Waals surface area contributed by atoms with Crippen LogP contribution in [0.15, 0.2) is 42.1 Å². The second-order valence-corrected chi connectivity index (χ2v) is 8.01. The normalized spacial score (nSPS) is 13.6. The number of benzene rings is 1. The van der Waals surface area contributed by atoms with Crippen LogP contribution in [-0.2, 0) is 11.3 Å². The third-order valence-electron chi connectivity index (χ3n) is 4.00. The van der Waals surface area contributed by atoms with Gasteiger partial charge in [-0.15, -0.1) is 16.8 Å². The molecule has 1 aromatic heterocycles. The van der Waals surface area contributed by atoms with Crippen molar-refractivity contribution in [1.82, 2.24) is 20.1 Å². The molecule has 2 aromatic rings. The molecule has 1 amide bonds. The molecule has 1 saturated carbocycles. The summed E-state index contributed by atoms with van der Waals surface area (Å²) < 4.78 is 7.71. The van der Waals surface area contributed by atoms with Gasteiger partial charge in [0.1, 0.15) is 5.75 Å². The molecular weight excluding hydrogens is 360 g/mol. The summed E-state index contributed by atoms with van der Waals surface area (Å²) >= 11 is 1.40. The number of nitrogens with one attached hydrogen (secondary N) is 1. The van der Waals surface area contributed by atoms with E-state index in [1.54, 1.807) is 6.08 Å². The summed E-state index contributed by atoms with van der Waals surface area (Å²) in [6.45, 7) is 9.34. The summed E-state index contributed by atoms with van der Waals surface area (Å²) in [5.74, 6) is 2.47. The first-order chi connectivity index (χ1) is 13.1. The van der Waals surface area contributed by atoms with E-state index in [9.17, 15) is 4.79 Å². The van der Waals surface area contributed by atoms with Crippen LogP contribution >= 0.6 is 11.8 Å². The van der Waals surface area contributed by atoms with Gasteiger partial charge in [0, 0.05) is 18.2 Å². The molecule has 1 fully saturated rings. The van der Waals surface area contributed by atoms with Crippen LogP contribution in [0.2, 0.25) is 0 Å². The third kappa shape index (κ3) is 5.60. The first kappa shape index (κ1) is 19.5. The van der Waals surface area contributed by atoms with E-state index < -0.39 is 0 Å². The van der Waals surface area contributed by atoms with Crippen molar-refractivity contribution >= 4 is 17.7 Å². The van der Waals surface area contributed by atoms with E-state index in [1.807, 2.05) is 28.8 Å². The summed E-state index contributed by atoms with van der Waals surface area (Å²) in [7, 11) is 0. The van der Waals surface area contributed by atoms with Gasteiger partial charge >= 0.3 is 0 Å². The zero-order valence-corrected chi connectivity index (χ0v) is 16.7. The van der Waals surface area contributed by atoms with Gasteiger partial charge in [-0.1, -0.05) is 31.7 Å². The summed E-state index contributed by atoms with van der Waals surface area (Å²) in [5, 5.41) is 12.3. The number of nitrogens with zero attached hydrogens (tertiary/aromatic N) is 3. The number of thioether (sulfide) groups is 1. The predicted octanol–water partition coefficient (Wildman–Crippen LogP) is 3.54. The average Bonchev–Trinajstić information content (AvgIpc) is 3.38. The van der Waals surface area contributed by atoms with Crippen molar-refractivity contribution in [1.29, 1.82) is 0 Å². The smallest absolute Gasteiger partial charge is 0.230 e. The van der Waals surface area contributed by atoms with Crippen LogP contribution in [0.5, 0.6) is 5.75 Å². The number of carbonyl (C=O) groups is 1. The zero-order chi connectivity index (χ0) is 19.2. The molecular formula is C20H26N4O2S. The molecule has 1 N–H and O–H groups in total. The van der Waals surface area contributed by atoms with Crippen LogP contribution < -0.4 is 10.1 Å². The molecule has 0 bridgehead atoms. The molecule has 6 nitrogen and oxygen atoms in total. The highest BCUT2D eigenvalue weighted by molar-refractivity contribution is 7.99. The highest BCUT2D eigenvalue weighted by Crippen LogP contribution is 2.26. The van der Waals surface area contributed by atoms with Gasteiger partial charge in [-0.25, -0.2) is 0 Å². The first-order valence-electron chi connectivity index (χ1n) is 9.26. The Labute approximate surface area is 164 Å². The number of allylic oxidation sites excluding steroid dienone is 1. The van der Waals surface area contributed by atoms with Crippen molar-refractivity contribution in [3.8, 4) is 17.1 Å². The lowest BCUT2D eigenvalue weighted by Crippen LogP contribution is -2.27. The summed E-state index contributed by atoms with van der Waals surface area (Å²) in [5.41, 5.74) is 0.954. The van der Waals surface area contributed by atoms with E-state index in [1.165, 1.54) is 11.8 Å². The van der Waals surface area contributed by atoms with Gasteiger partial charge < -0.3 is 10.1 Å². The van der Waals surface area contributed by atoms with E-state index in [2.05, 4.69) is 35.9 Å². The molecule has 0 radical (unpaired) electrons. The summed E-state index contributed by atoms with van der Waals surface area (Å²) in [6, 6.07) is 8.22. The number of hydrogen-bond acceptors (Lipinski definition) is 5. The maximum absolute atomic E-state index is 11.9. The molecule has 1 aliphatic rings. The van der Waals surface area contributed by atoms with Crippen LogP contribution in [0, 0.1) is 5.92 Å². The van der Waals surface area contributed by atoms with Crippen molar-refractivity contribution in [2.45, 2.75) is 44.4 Å². The molecule has 0 saturated heterocycles. The minimum Gasteiger partial charge on any atom is -0.493 e. The van der Waals surface area contributed by atoms with Crippen LogP contribution in [0.4, 0.5) is 0 Å². The Hall–Kier alpha value is -2.28. The fourth-order valence-corrected chi connectivity index (χ4v) is 3.25. The Morgan fingerprint density at radius 2 is 2.11 bits per heavy atom. The standard InChI is InChI=1S/C20H26N4O2S/c1-4-11-24-19(15-5-9-17(10-6-15)26-12-14(2)3)22-23-20(24)27-13-18(25)21-16-7-8-16/h4-6,9-10,14,16H,1,7-8,11-13H2,2-3H3,(H,21,25). The van der Waals surface area contributed by atoms with Crippen molar-refractivity contribution in [2.75, 3.05) is 12.4 Å². The monoisotopic (exact) mass is 386 g/mol. The first-order valence-corrected chi connectivity index (χ1v) is 10.2. The summed E-state index contributed by atoms with van der Waals surface area (Å²) in [6.07, 6.45) is 3.98. The number of hydrogen-bond donors (Lipinski definition) is 1. The number of rotatable bonds is 10. The number of aromatic nitrogens is 3. The Balaban J connectivity index is 1.69. The summed E-state index contributed by atoms with van der Waals surface area (Å²) in [4.78, 5) is 11.9. The molecule has 3 rings (SSSR count). The lowest BCUT2D eigenvalue weighted by molar-refractivity contribution is -0.118. The Morgan fingerprint density at radius 1 is 1.37 bits per heavy atom. The maximum Gasteiger partial charge on any atom is 0.230 e. The minimum atomic E-state index is 0.0452. The van der Waals surface area contributed by atoms with Crippen LogP contribution in [-0.4, -0.2) is 39.1 Å². The van der Waals surface area contributed by atoms with Gasteiger partial charge in [0.15, 0.2) is 11.0 Å². The highest BCUT2D eigenvalue weighted by atomic mass is 32.2. The lowest BCUT2D eigenvalue weighted by atomic mass is 10.2. The second-order valence-electron chi connectivity index (χ2n) is 7.07. The number of amides is 1. The molecule has 27 heavy (non-hydrogen) atoms. The Bertz CT molecular complexity index is 782. The van der Waals surface area contributed by atoms with Crippen molar-refractivity contribution in [3.63, 3.8) is 0 Å². The highest BCUT2D eigenvalue weighted by Gasteiger charge is 2.23. The number of ether oxygens (including phenoxy) is 1. The Kier molecular flexibility index (Phi) is 6.55. The lowest BCUT2D eigenvalue weighted by Gasteiger charge is -2.10. The van der Waals surface area contributed by atoms with Gasteiger partial charge in [0.05, 0.1) is 12.4 Å². The second kappa shape index (κ2) is 9.08.